The molecule has 0 fully saturated rings. The molecule has 0 amide bonds. The van der Waals surface area contributed by atoms with Crippen LogP contribution >= 0.6 is 0 Å². The first-order valence-electron chi connectivity index (χ1n) is 15.7. The molecule has 2 atom stereocenters. The number of ketones is 2. The molecule has 0 aliphatic heterocycles. The number of hydrogen-bond acceptors (Lipinski definition) is 8. The molecule has 1 aliphatic rings. The third-order valence-corrected chi connectivity index (χ3v) is 8.07. The summed E-state index contributed by atoms with van der Waals surface area (Å²) in [6.45, 7) is 10.1. The van der Waals surface area contributed by atoms with Gasteiger partial charge in [0.15, 0.2) is 11.6 Å². The summed E-state index contributed by atoms with van der Waals surface area (Å²) in [5.74, 6) is -0.342. The molecule has 0 saturated heterocycles. The fraction of sp³-hybridized carbons (Fsp3) is 0.529. The molecular weight excluding hydrogens is 524 g/mol. The molecule has 0 saturated carbocycles. The van der Waals surface area contributed by atoms with Crippen LogP contribution in [0.5, 0.6) is 0 Å². The third kappa shape index (κ3) is 11.3. The third-order valence-electron chi connectivity index (χ3n) is 8.07. The summed E-state index contributed by atoms with van der Waals surface area (Å²) in [5, 5.41) is 0. The molecule has 2 aromatic rings. The van der Waals surface area contributed by atoms with E-state index >= 15 is 0 Å². The Morgan fingerprint density at radius 3 is 1.45 bits per heavy atom. The van der Waals surface area contributed by atoms with Gasteiger partial charge in [-0.15, -0.1) is 0 Å². The lowest BCUT2D eigenvalue weighted by Gasteiger charge is -2.22. The predicted octanol–water partition coefficient (Wildman–Crippen LogP) is 4.60. The van der Waals surface area contributed by atoms with E-state index in [4.69, 9.17) is 11.5 Å². The Labute approximate surface area is 252 Å². The zero-order valence-corrected chi connectivity index (χ0v) is 25.6. The van der Waals surface area contributed by atoms with E-state index in [0.29, 0.717) is 24.0 Å². The smallest absolute Gasteiger partial charge is 0.184 e. The van der Waals surface area contributed by atoms with E-state index in [1.165, 1.54) is 23.3 Å². The molecule has 0 bridgehead atoms. The van der Waals surface area contributed by atoms with Gasteiger partial charge < -0.3 is 11.5 Å². The fourth-order valence-corrected chi connectivity index (χ4v) is 5.43. The Kier molecular flexibility index (Phi) is 14.7. The van der Waals surface area contributed by atoms with Crippen LogP contribution in [0.4, 0.5) is 0 Å². The van der Waals surface area contributed by atoms with Crippen molar-refractivity contribution in [3.8, 4) is 0 Å². The number of unbranched alkanes of at least 4 members (excludes halogenated alkanes) is 4. The van der Waals surface area contributed by atoms with Crippen LogP contribution in [-0.4, -0.2) is 69.6 Å². The zero-order valence-electron chi connectivity index (χ0n) is 25.6. The first kappa shape index (κ1) is 33.5. The Hall–Kier alpha value is -3.04. The highest BCUT2D eigenvalue weighted by molar-refractivity contribution is 6.20. The van der Waals surface area contributed by atoms with Crippen molar-refractivity contribution in [1.29, 1.82) is 0 Å². The standard InChI is InChI=1S/C34H50N6O2/c1-3-39(25-27-13-11-17-37-23-27)19-9-5-7-15-31(35)29-21-34(42)30(22-33(29)41)32(36)16-8-6-10-20-40(4-2)26-28-14-12-18-38-24-28/h11-14,17-18,21-24,31-32H,3-10,15-16,19-20,25-26,35-36H2,1-2H3. The van der Waals surface area contributed by atoms with Crippen molar-refractivity contribution in [2.45, 2.75) is 90.4 Å². The second-order valence-corrected chi connectivity index (χ2v) is 11.3. The average Bonchev–Trinajstić information content (AvgIpc) is 3.01. The summed E-state index contributed by atoms with van der Waals surface area (Å²) in [6, 6.07) is 7.28. The number of nitrogens with zero attached hydrogens (tertiary/aromatic N) is 4. The average molecular weight is 575 g/mol. The molecule has 1 aliphatic carbocycles. The van der Waals surface area contributed by atoms with Gasteiger partial charge in [0.2, 0.25) is 0 Å². The summed E-state index contributed by atoms with van der Waals surface area (Å²) in [7, 11) is 0. The van der Waals surface area contributed by atoms with Crippen molar-refractivity contribution in [2.75, 3.05) is 26.2 Å². The number of allylic oxidation sites excluding steroid dienone is 2. The minimum absolute atomic E-state index is 0.171. The topological polar surface area (TPSA) is 118 Å². The first-order valence-corrected chi connectivity index (χ1v) is 15.7. The number of rotatable bonds is 20. The molecule has 2 heterocycles. The molecule has 0 aromatic carbocycles. The van der Waals surface area contributed by atoms with Crippen LogP contribution in [-0.2, 0) is 22.7 Å². The van der Waals surface area contributed by atoms with Crippen molar-refractivity contribution in [3.05, 3.63) is 83.5 Å². The maximum Gasteiger partial charge on any atom is 0.184 e. The van der Waals surface area contributed by atoms with Gasteiger partial charge in [-0.2, -0.15) is 0 Å². The summed E-state index contributed by atoms with van der Waals surface area (Å²) in [6.07, 6.45) is 17.7. The summed E-state index contributed by atoms with van der Waals surface area (Å²) in [5.41, 5.74) is 16.0. The largest absolute Gasteiger partial charge is 0.324 e. The maximum atomic E-state index is 12.9. The molecule has 3 rings (SSSR count). The quantitative estimate of drug-likeness (QED) is 0.174. The molecule has 2 aromatic heterocycles. The van der Waals surface area contributed by atoms with Crippen molar-refractivity contribution >= 4 is 11.6 Å². The fourth-order valence-electron chi connectivity index (χ4n) is 5.43. The van der Waals surface area contributed by atoms with Gasteiger partial charge in [0.1, 0.15) is 0 Å². The van der Waals surface area contributed by atoms with Crippen LogP contribution in [0.25, 0.3) is 0 Å². The second kappa shape index (κ2) is 18.5. The van der Waals surface area contributed by atoms with Crippen LogP contribution in [0.1, 0.15) is 76.3 Å². The van der Waals surface area contributed by atoms with Gasteiger partial charge in [0.05, 0.1) is 0 Å². The van der Waals surface area contributed by atoms with Crippen molar-refractivity contribution in [1.82, 2.24) is 19.8 Å². The number of carbonyl (C=O) groups excluding carboxylic acids is 2. The van der Waals surface area contributed by atoms with E-state index in [9.17, 15) is 9.59 Å². The van der Waals surface area contributed by atoms with Crippen LogP contribution < -0.4 is 11.5 Å². The molecule has 4 N–H and O–H groups in total. The minimum atomic E-state index is -0.429. The van der Waals surface area contributed by atoms with E-state index in [1.54, 1.807) is 12.4 Å². The summed E-state index contributed by atoms with van der Waals surface area (Å²) in [4.78, 5) is 38.9. The predicted molar refractivity (Wildman–Crippen MR) is 169 cm³/mol. The second-order valence-electron chi connectivity index (χ2n) is 11.3. The van der Waals surface area contributed by atoms with Crippen molar-refractivity contribution in [3.63, 3.8) is 0 Å². The maximum absolute atomic E-state index is 12.9. The minimum Gasteiger partial charge on any atom is -0.324 e. The van der Waals surface area contributed by atoms with E-state index in [-0.39, 0.29) is 11.6 Å². The van der Waals surface area contributed by atoms with E-state index < -0.39 is 12.1 Å². The number of carbonyl (C=O) groups is 2. The highest BCUT2D eigenvalue weighted by Gasteiger charge is 2.27. The molecule has 42 heavy (non-hydrogen) atoms. The van der Waals surface area contributed by atoms with Crippen molar-refractivity contribution in [2.24, 2.45) is 11.5 Å². The first-order chi connectivity index (χ1) is 20.4. The molecule has 2 unspecified atom stereocenters. The lowest BCUT2D eigenvalue weighted by atomic mass is 9.86. The van der Waals surface area contributed by atoms with E-state index in [0.717, 1.165) is 77.8 Å². The number of aromatic nitrogens is 2. The molecule has 8 nitrogen and oxygen atoms in total. The summed E-state index contributed by atoms with van der Waals surface area (Å²) < 4.78 is 0. The zero-order chi connectivity index (χ0) is 30.2. The number of hydrogen-bond donors (Lipinski definition) is 2. The van der Waals surface area contributed by atoms with Gasteiger partial charge in [-0.25, -0.2) is 0 Å². The SMILES string of the molecule is CCN(CCCCCC(N)C1=CC(=O)C(C(N)CCCCCN(CC)Cc2cccnc2)=CC1=O)Cc1cccnc1. The Morgan fingerprint density at radius 1 is 0.667 bits per heavy atom. The normalized spacial score (nSPS) is 15.2. The van der Waals surface area contributed by atoms with Crippen LogP contribution in [0.3, 0.4) is 0 Å². The monoisotopic (exact) mass is 574 g/mol. The lowest BCUT2D eigenvalue weighted by Crippen LogP contribution is -2.34. The lowest BCUT2D eigenvalue weighted by molar-refractivity contribution is -0.115. The highest BCUT2D eigenvalue weighted by Crippen LogP contribution is 2.21. The van der Waals surface area contributed by atoms with Gasteiger partial charge in [-0.1, -0.05) is 51.7 Å². The Balaban J connectivity index is 1.33. The highest BCUT2D eigenvalue weighted by atomic mass is 16.1. The van der Waals surface area contributed by atoms with E-state index in [2.05, 4.69) is 45.7 Å². The van der Waals surface area contributed by atoms with Gasteiger partial charge in [0, 0.05) is 61.1 Å². The molecular formula is C34H50N6O2. The summed E-state index contributed by atoms with van der Waals surface area (Å²) >= 11 is 0. The molecule has 228 valence electrons. The van der Waals surface area contributed by atoms with E-state index in [1.807, 2.05) is 24.5 Å². The molecule has 0 spiro atoms. The number of nitrogens with two attached hydrogens (primary N) is 2. The van der Waals surface area contributed by atoms with Crippen LogP contribution in [0, 0.1) is 0 Å². The Morgan fingerprint density at radius 2 is 1.10 bits per heavy atom. The van der Waals surface area contributed by atoms with Crippen LogP contribution in [0.2, 0.25) is 0 Å². The Bertz CT molecular complexity index is 1060. The molecule has 0 radical (unpaired) electrons. The molecule has 8 heteroatoms. The van der Waals surface area contributed by atoms with Gasteiger partial charge >= 0.3 is 0 Å². The van der Waals surface area contributed by atoms with Gasteiger partial charge in [-0.05, 0) is 87.3 Å². The van der Waals surface area contributed by atoms with Crippen molar-refractivity contribution < 1.29 is 9.59 Å². The van der Waals surface area contributed by atoms with Gasteiger partial charge in [0.25, 0.3) is 0 Å². The number of pyridine rings is 2. The van der Waals surface area contributed by atoms with Gasteiger partial charge in [-0.3, -0.25) is 29.4 Å². The van der Waals surface area contributed by atoms with Crippen LogP contribution in [0.15, 0.2) is 72.4 Å².